The minimum absolute atomic E-state index is 0.0718. The van der Waals surface area contributed by atoms with Crippen LogP contribution in [0.4, 0.5) is 16.0 Å². The Morgan fingerprint density at radius 2 is 1.90 bits per heavy atom. The lowest BCUT2D eigenvalue weighted by Gasteiger charge is -2.16. The maximum atomic E-state index is 13.3. The van der Waals surface area contributed by atoms with Crippen molar-refractivity contribution in [2.24, 2.45) is 7.05 Å². The van der Waals surface area contributed by atoms with Crippen LogP contribution in [0.15, 0.2) is 72.0 Å². The van der Waals surface area contributed by atoms with E-state index in [-0.39, 0.29) is 23.6 Å². The van der Waals surface area contributed by atoms with E-state index in [4.69, 9.17) is 4.74 Å². The summed E-state index contributed by atoms with van der Waals surface area (Å²) in [6, 6.07) is 10.3. The van der Waals surface area contributed by atoms with Crippen molar-refractivity contribution in [1.29, 1.82) is 0 Å². The van der Waals surface area contributed by atoms with Gasteiger partial charge < -0.3 is 30.2 Å². The van der Waals surface area contributed by atoms with E-state index in [0.717, 1.165) is 0 Å². The molecule has 0 saturated heterocycles. The second-order valence-electron chi connectivity index (χ2n) is 8.99. The van der Waals surface area contributed by atoms with Crippen molar-refractivity contribution < 1.29 is 19.3 Å². The molecule has 5 N–H and O–H groups in total. The number of halogens is 1. The van der Waals surface area contributed by atoms with Gasteiger partial charge >= 0.3 is 0 Å². The number of hydrogen-bond acceptors (Lipinski definition) is 9. The summed E-state index contributed by atoms with van der Waals surface area (Å²) in [6.45, 7) is 1.74. The van der Waals surface area contributed by atoms with Crippen LogP contribution < -0.4 is 20.8 Å². The van der Waals surface area contributed by atoms with Gasteiger partial charge in [-0.1, -0.05) is 12.1 Å². The average molecular weight is 532 g/mol. The first kappa shape index (κ1) is 25.8. The summed E-state index contributed by atoms with van der Waals surface area (Å²) in [5, 5.41) is 33.8. The Bertz CT molecular complexity index is 1650. The number of nitrogens with one attached hydrogen (secondary N) is 3. The summed E-state index contributed by atoms with van der Waals surface area (Å²) < 4.78 is 21.0. The van der Waals surface area contributed by atoms with Crippen LogP contribution in [0.1, 0.15) is 18.7 Å². The number of aliphatic hydroxyl groups is 2. The first-order valence-electron chi connectivity index (χ1n) is 12.1. The van der Waals surface area contributed by atoms with Gasteiger partial charge in [0.2, 0.25) is 0 Å². The standard InChI is InChI=1S/C27H26FN7O4/c1-15(14-36)31-26-23-21(9-10-29-25(23)33-34-26)39-18-7-8-22(30-11-18)32-27(38)20-13-35(2)12-19(24(20)37)16-3-5-17(28)6-4-16/h3-13,15,27,36,38H,14H2,1-2H3,(H,30,32)(H2,29,31,33,34)/t15-,27?/m1/s1. The summed E-state index contributed by atoms with van der Waals surface area (Å²) in [5.41, 5.74) is 1.11. The highest BCUT2D eigenvalue weighted by Gasteiger charge is 2.18. The van der Waals surface area contributed by atoms with Gasteiger partial charge in [-0.25, -0.2) is 14.4 Å². The molecule has 0 saturated carbocycles. The Kier molecular flexibility index (Phi) is 7.21. The van der Waals surface area contributed by atoms with E-state index in [1.54, 1.807) is 42.2 Å². The molecule has 0 spiro atoms. The lowest BCUT2D eigenvalue weighted by molar-refractivity contribution is 0.206. The molecule has 0 bridgehead atoms. The summed E-state index contributed by atoms with van der Waals surface area (Å²) in [6.07, 6.45) is 4.84. The molecule has 0 aliphatic rings. The minimum atomic E-state index is -1.35. The van der Waals surface area contributed by atoms with E-state index in [0.29, 0.717) is 45.3 Å². The number of rotatable bonds is 9. The number of ether oxygens (including phenoxy) is 1. The van der Waals surface area contributed by atoms with E-state index in [2.05, 4.69) is 30.8 Å². The minimum Gasteiger partial charge on any atom is -0.455 e. The number of aliphatic hydroxyl groups excluding tert-OH is 2. The molecule has 200 valence electrons. The molecule has 5 rings (SSSR count). The van der Waals surface area contributed by atoms with E-state index in [9.17, 15) is 19.4 Å². The summed E-state index contributed by atoms with van der Waals surface area (Å²) in [7, 11) is 1.73. The van der Waals surface area contributed by atoms with Gasteiger partial charge in [-0.3, -0.25) is 9.89 Å². The van der Waals surface area contributed by atoms with Crippen molar-refractivity contribution >= 4 is 22.7 Å². The zero-order valence-corrected chi connectivity index (χ0v) is 21.1. The SMILES string of the molecule is C[C@H](CO)Nc1n[nH]c2nccc(Oc3ccc(NC(O)c4cn(C)cc(-c5ccc(F)cc5)c4=O)nc3)c12. The number of anilines is 2. The number of hydrogen-bond donors (Lipinski definition) is 5. The summed E-state index contributed by atoms with van der Waals surface area (Å²) >= 11 is 0. The summed E-state index contributed by atoms with van der Waals surface area (Å²) in [5.74, 6) is 1.29. The maximum absolute atomic E-state index is 13.3. The third kappa shape index (κ3) is 5.56. The Morgan fingerprint density at radius 1 is 1.10 bits per heavy atom. The van der Waals surface area contributed by atoms with E-state index < -0.39 is 12.0 Å². The number of benzene rings is 1. The third-order valence-electron chi connectivity index (χ3n) is 5.96. The van der Waals surface area contributed by atoms with Gasteiger partial charge in [0.1, 0.15) is 28.5 Å². The number of fused-ring (bicyclic) bond motifs is 1. The van der Waals surface area contributed by atoms with E-state index in [1.807, 2.05) is 6.92 Å². The van der Waals surface area contributed by atoms with Crippen LogP contribution in [-0.2, 0) is 7.05 Å². The van der Waals surface area contributed by atoms with Crippen LogP contribution in [0.3, 0.4) is 0 Å². The number of nitrogens with zero attached hydrogens (tertiary/aromatic N) is 4. The van der Waals surface area contributed by atoms with Crippen molar-refractivity contribution in [3.8, 4) is 22.6 Å². The summed E-state index contributed by atoms with van der Waals surface area (Å²) in [4.78, 5) is 21.7. The smallest absolute Gasteiger partial charge is 0.197 e. The Morgan fingerprint density at radius 3 is 2.62 bits per heavy atom. The van der Waals surface area contributed by atoms with Gasteiger partial charge in [0.15, 0.2) is 23.1 Å². The fraction of sp³-hybridized carbons (Fsp3) is 0.185. The second kappa shape index (κ2) is 10.9. The topological polar surface area (TPSA) is 150 Å². The van der Waals surface area contributed by atoms with Crippen molar-refractivity contribution in [1.82, 2.24) is 24.7 Å². The monoisotopic (exact) mass is 531 g/mol. The molecule has 0 fully saturated rings. The largest absolute Gasteiger partial charge is 0.455 e. The van der Waals surface area contributed by atoms with Crippen molar-refractivity contribution in [3.63, 3.8) is 0 Å². The predicted octanol–water partition coefficient (Wildman–Crippen LogP) is 3.55. The van der Waals surface area contributed by atoms with Crippen molar-refractivity contribution in [3.05, 3.63) is 88.9 Å². The maximum Gasteiger partial charge on any atom is 0.197 e. The Labute approximate surface area is 222 Å². The molecule has 5 aromatic rings. The molecular formula is C27H26FN7O4. The zero-order valence-electron chi connectivity index (χ0n) is 21.1. The number of H-pyrrole nitrogens is 1. The average Bonchev–Trinajstić information content (AvgIpc) is 3.34. The highest BCUT2D eigenvalue weighted by atomic mass is 19.1. The lowest BCUT2D eigenvalue weighted by atomic mass is 10.0. The van der Waals surface area contributed by atoms with Gasteiger partial charge in [-0.05, 0) is 36.8 Å². The van der Waals surface area contributed by atoms with Gasteiger partial charge in [-0.15, -0.1) is 0 Å². The molecule has 1 unspecified atom stereocenters. The Balaban J connectivity index is 1.34. The lowest BCUT2D eigenvalue weighted by Crippen LogP contribution is -2.22. The molecule has 4 aromatic heterocycles. The molecule has 0 amide bonds. The normalized spacial score (nSPS) is 12.7. The van der Waals surface area contributed by atoms with Crippen LogP contribution in [0.2, 0.25) is 0 Å². The first-order valence-corrected chi connectivity index (χ1v) is 12.1. The molecule has 0 aliphatic heterocycles. The molecule has 2 atom stereocenters. The number of aromatic nitrogens is 5. The molecule has 11 nitrogen and oxygen atoms in total. The number of pyridine rings is 3. The van der Waals surface area contributed by atoms with Crippen molar-refractivity contribution in [2.75, 3.05) is 17.2 Å². The predicted molar refractivity (Wildman–Crippen MR) is 144 cm³/mol. The first-order chi connectivity index (χ1) is 18.8. The molecule has 1 aromatic carbocycles. The molecule has 12 heteroatoms. The van der Waals surface area contributed by atoms with Gasteiger partial charge in [0.05, 0.1) is 18.4 Å². The fourth-order valence-corrected chi connectivity index (χ4v) is 4.02. The molecule has 39 heavy (non-hydrogen) atoms. The van der Waals surface area contributed by atoms with Crippen molar-refractivity contribution in [2.45, 2.75) is 19.2 Å². The quantitative estimate of drug-likeness (QED) is 0.180. The van der Waals surface area contributed by atoms with Gasteiger partial charge in [-0.2, -0.15) is 5.10 Å². The highest BCUT2D eigenvalue weighted by Crippen LogP contribution is 2.33. The molecule has 4 heterocycles. The zero-order chi connectivity index (χ0) is 27.5. The molecule has 0 radical (unpaired) electrons. The van der Waals surface area contributed by atoms with Crippen LogP contribution >= 0.6 is 0 Å². The van der Waals surface area contributed by atoms with Gasteiger partial charge in [0, 0.05) is 43.3 Å². The third-order valence-corrected chi connectivity index (χ3v) is 5.96. The van der Waals surface area contributed by atoms with Crippen LogP contribution in [-0.4, -0.2) is 47.6 Å². The van der Waals surface area contributed by atoms with Gasteiger partial charge in [0.25, 0.3) is 0 Å². The Hall–Kier alpha value is -4.81. The van der Waals surface area contributed by atoms with Crippen LogP contribution in [0.5, 0.6) is 11.5 Å². The highest BCUT2D eigenvalue weighted by molar-refractivity contribution is 5.93. The van der Waals surface area contributed by atoms with E-state index in [1.165, 1.54) is 36.7 Å². The second-order valence-corrected chi connectivity index (χ2v) is 8.99. The molecule has 0 aliphatic carbocycles. The molecular weight excluding hydrogens is 505 g/mol. The number of aromatic amines is 1. The van der Waals surface area contributed by atoms with E-state index >= 15 is 0 Å². The fourth-order valence-electron chi connectivity index (χ4n) is 4.02. The van der Waals surface area contributed by atoms with Crippen LogP contribution in [0.25, 0.3) is 22.2 Å². The number of aryl methyl sites for hydroxylation is 1. The van der Waals surface area contributed by atoms with Crippen LogP contribution in [0, 0.1) is 5.82 Å².